The molecule has 2 aliphatic heterocycles. The maximum atomic E-state index is 12.6. The number of nitrogens with one attached hydrogen (secondary N) is 1. The van der Waals surface area contributed by atoms with E-state index >= 15 is 0 Å². The van der Waals surface area contributed by atoms with Crippen molar-refractivity contribution in [3.63, 3.8) is 0 Å². The van der Waals surface area contributed by atoms with Gasteiger partial charge in [-0.25, -0.2) is 0 Å². The molecule has 1 aliphatic carbocycles. The fraction of sp³-hybridized carbons (Fsp3) is 0.882. The lowest BCUT2D eigenvalue weighted by Gasteiger charge is -2.41. The van der Waals surface area contributed by atoms with Gasteiger partial charge in [0.15, 0.2) is 0 Å². The van der Waals surface area contributed by atoms with E-state index in [1.807, 2.05) is 0 Å². The molecule has 3 fully saturated rings. The molecule has 0 aromatic rings. The molecule has 0 spiro atoms. The molecule has 1 saturated carbocycles. The summed E-state index contributed by atoms with van der Waals surface area (Å²) >= 11 is 0. The number of carbonyl (C=O) groups excluding carboxylic acids is 2. The smallest absolute Gasteiger partial charge is 0.233 e. The molecular formula is C17H28N2O2. The number of carbonyl (C=O) groups is 2. The lowest BCUT2D eigenvalue weighted by atomic mass is 9.77. The molecule has 3 rings (SSSR count). The van der Waals surface area contributed by atoms with Crippen LogP contribution in [0.5, 0.6) is 0 Å². The summed E-state index contributed by atoms with van der Waals surface area (Å²) in [6.45, 7) is 8.20. The lowest BCUT2D eigenvalue weighted by molar-refractivity contribution is -0.141. The van der Waals surface area contributed by atoms with Crippen molar-refractivity contribution in [2.45, 2.75) is 58.9 Å². The van der Waals surface area contributed by atoms with Gasteiger partial charge >= 0.3 is 0 Å². The molecule has 0 radical (unpaired) electrons. The van der Waals surface area contributed by atoms with Crippen LogP contribution in [0.1, 0.15) is 52.9 Å². The molecule has 4 nitrogen and oxygen atoms in total. The normalized spacial score (nSPS) is 38.9. The van der Waals surface area contributed by atoms with Crippen LogP contribution < -0.4 is 5.32 Å². The second kappa shape index (κ2) is 5.38. The predicted molar refractivity (Wildman–Crippen MR) is 81.5 cm³/mol. The predicted octanol–water partition coefficient (Wildman–Crippen LogP) is 2.19. The maximum absolute atomic E-state index is 12.6. The SMILES string of the molecule is CCC1CC2C(=O)N(CC3NCCCC3(C)C)C(=O)C2C1. The first kappa shape index (κ1) is 15.0. The van der Waals surface area contributed by atoms with Crippen LogP contribution in [0.2, 0.25) is 0 Å². The molecule has 4 heteroatoms. The van der Waals surface area contributed by atoms with Gasteiger partial charge in [-0.2, -0.15) is 0 Å². The largest absolute Gasteiger partial charge is 0.312 e. The van der Waals surface area contributed by atoms with Crippen LogP contribution in [0.3, 0.4) is 0 Å². The van der Waals surface area contributed by atoms with Crippen molar-refractivity contribution in [3.05, 3.63) is 0 Å². The Bertz CT molecular complexity index is 422. The molecule has 2 amide bonds. The van der Waals surface area contributed by atoms with Gasteiger partial charge in [0.25, 0.3) is 0 Å². The molecule has 0 aromatic heterocycles. The van der Waals surface area contributed by atoms with Gasteiger partial charge in [0.1, 0.15) is 0 Å². The molecule has 1 N–H and O–H groups in total. The number of hydrogen-bond acceptors (Lipinski definition) is 3. The summed E-state index contributed by atoms with van der Waals surface area (Å²) < 4.78 is 0. The second-order valence-electron chi connectivity index (χ2n) is 7.84. The quantitative estimate of drug-likeness (QED) is 0.811. The summed E-state index contributed by atoms with van der Waals surface area (Å²) in [6, 6.07) is 0.236. The number of imide groups is 1. The van der Waals surface area contributed by atoms with Gasteiger partial charge in [0.2, 0.25) is 11.8 Å². The molecular weight excluding hydrogens is 264 g/mol. The van der Waals surface area contributed by atoms with Crippen molar-refractivity contribution < 1.29 is 9.59 Å². The third-order valence-electron chi connectivity index (χ3n) is 6.10. The number of rotatable bonds is 3. The molecule has 2 saturated heterocycles. The van der Waals surface area contributed by atoms with E-state index in [0.29, 0.717) is 12.5 Å². The number of amides is 2. The Morgan fingerprint density at radius 3 is 2.33 bits per heavy atom. The summed E-state index contributed by atoms with van der Waals surface area (Å²) in [5.74, 6) is 0.732. The fourth-order valence-corrected chi connectivity index (χ4v) is 4.48. The van der Waals surface area contributed by atoms with E-state index < -0.39 is 0 Å². The van der Waals surface area contributed by atoms with Crippen LogP contribution in [0.4, 0.5) is 0 Å². The lowest BCUT2D eigenvalue weighted by Crippen LogP contribution is -2.54. The maximum Gasteiger partial charge on any atom is 0.233 e. The summed E-state index contributed by atoms with van der Waals surface area (Å²) in [6.07, 6.45) is 5.26. The molecule has 118 valence electrons. The van der Waals surface area contributed by atoms with Gasteiger partial charge in [-0.05, 0) is 43.6 Å². The Morgan fingerprint density at radius 2 is 1.81 bits per heavy atom. The minimum atomic E-state index is -0.0193. The van der Waals surface area contributed by atoms with Crippen LogP contribution in [0.15, 0.2) is 0 Å². The van der Waals surface area contributed by atoms with E-state index in [1.54, 1.807) is 4.90 Å². The van der Waals surface area contributed by atoms with E-state index in [-0.39, 0.29) is 35.1 Å². The molecule has 2 heterocycles. The van der Waals surface area contributed by atoms with Crippen LogP contribution in [-0.4, -0.2) is 35.8 Å². The van der Waals surface area contributed by atoms with E-state index in [1.165, 1.54) is 6.42 Å². The molecule has 3 aliphatic rings. The zero-order valence-electron chi connectivity index (χ0n) is 13.5. The summed E-state index contributed by atoms with van der Waals surface area (Å²) in [4.78, 5) is 26.8. The topological polar surface area (TPSA) is 49.4 Å². The Hall–Kier alpha value is -0.900. The highest BCUT2D eigenvalue weighted by Crippen LogP contribution is 2.44. The number of hydrogen-bond donors (Lipinski definition) is 1. The highest BCUT2D eigenvalue weighted by atomic mass is 16.2. The summed E-state index contributed by atoms with van der Waals surface area (Å²) in [5.41, 5.74) is 0.155. The number of fused-ring (bicyclic) bond motifs is 1. The minimum Gasteiger partial charge on any atom is -0.312 e. The Morgan fingerprint density at radius 1 is 1.19 bits per heavy atom. The zero-order chi connectivity index (χ0) is 15.2. The third kappa shape index (κ3) is 2.52. The third-order valence-corrected chi connectivity index (χ3v) is 6.10. The second-order valence-corrected chi connectivity index (χ2v) is 7.84. The van der Waals surface area contributed by atoms with Crippen LogP contribution in [0.25, 0.3) is 0 Å². The first-order chi connectivity index (χ1) is 9.94. The molecule has 0 bridgehead atoms. The van der Waals surface area contributed by atoms with Gasteiger partial charge in [0, 0.05) is 12.6 Å². The van der Waals surface area contributed by atoms with Gasteiger partial charge in [-0.1, -0.05) is 27.2 Å². The highest BCUT2D eigenvalue weighted by molar-refractivity contribution is 6.05. The van der Waals surface area contributed by atoms with E-state index in [0.717, 1.165) is 32.2 Å². The molecule has 3 atom stereocenters. The molecule has 3 unspecified atom stereocenters. The average Bonchev–Trinajstić information content (AvgIpc) is 2.96. The number of likely N-dealkylation sites (tertiary alicyclic amines) is 1. The number of nitrogens with zero attached hydrogens (tertiary/aromatic N) is 1. The van der Waals surface area contributed by atoms with E-state index in [9.17, 15) is 9.59 Å². The summed E-state index contributed by atoms with van der Waals surface area (Å²) in [7, 11) is 0. The molecule has 21 heavy (non-hydrogen) atoms. The van der Waals surface area contributed by atoms with Crippen LogP contribution in [-0.2, 0) is 9.59 Å². The van der Waals surface area contributed by atoms with Crippen LogP contribution in [0, 0.1) is 23.2 Å². The summed E-state index contributed by atoms with van der Waals surface area (Å²) in [5, 5.41) is 3.52. The Kier molecular flexibility index (Phi) is 3.85. The van der Waals surface area contributed by atoms with Crippen LogP contribution >= 0.6 is 0 Å². The average molecular weight is 292 g/mol. The monoisotopic (exact) mass is 292 g/mol. The van der Waals surface area contributed by atoms with Gasteiger partial charge < -0.3 is 5.32 Å². The van der Waals surface area contributed by atoms with Gasteiger partial charge in [-0.3, -0.25) is 14.5 Å². The van der Waals surface area contributed by atoms with Crippen molar-refractivity contribution >= 4 is 11.8 Å². The first-order valence-electron chi connectivity index (χ1n) is 8.52. The Labute approximate surface area is 127 Å². The number of piperidine rings is 1. The Balaban J connectivity index is 1.70. The van der Waals surface area contributed by atoms with Crippen molar-refractivity contribution in [3.8, 4) is 0 Å². The molecule has 0 aromatic carbocycles. The van der Waals surface area contributed by atoms with E-state index in [4.69, 9.17) is 0 Å². The fourth-order valence-electron chi connectivity index (χ4n) is 4.48. The zero-order valence-corrected chi connectivity index (χ0v) is 13.5. The van der Waals surface area contributed by atoms with Crippen molar-refractivity contribution in [2.24, 2.45) is 23.2 Å². The van der Waals surface area contributed by atoms with Crippen molar-refractivity contribution in [2.75, 3.05) is 13.1 Å². The van der Waals surface area contributed by atoms with Gasteiger partial charge in [-0.15, -0.1) is 0 Å². The minimum absolute atomic E-state index is 0.0193. The standard InChI is InChI=1S/C17H28N2O2/c1-4-11-8-12-13(9-11)16(21)19(15(12)20)10-14-17(2,3)6-5-7-18-14/h11-14,18H,4-10H2,1-3H3. The van der Waals surface area contributed by atoms with Gasteiger partial charge in [0.05, 0.1) is 11.8 Å². The highest BCUT2D eigenvalue weighted by Gasteiger charge is 2.53. The first-order valence-corrected chi connectivity index (χ1v) is 8.52. The van der Waals surface area contributed by atoms with E-state index in [2.05, 4.69) is 26.1 Å². The van der Waals surface area contributed by atoms with Crippen molar-refractivity contribution in [1.29, 1.82) is 0 Å². The van der Waals surface area contributed by atoms with Crippen molar-refractivity contribution in [1.82, 2.24) is 10.2 Å².